The average Bonchev–Trinajstić information content (AvgIpc) is 3.24. The third-order valence-corrected chi connectivity index (χ3v) is 7.59. The van der Waals surface area contributed by atoms with Crippen molar-refractivity contribution in [2.24, 2.45) is 5.92 Å². The first-order valence-corrected chi connectivity index (χ1v) is 12.4. The number of piperidine rings is 1. The number of hydrogen-bond acceptors (Lipinski definition) is 5. The Bertz CT molecular complexity index is 880. The molecular weight excluding hydrogens is 406 g/mol. The Kier molecular flexibility index (Phi) is 7.83. The molecule has 1 amide bonds. The number of carbonyl (C=O) groups excluding carboxylic acids is 1. The number of nitrogens with one attached hydrogen (secondary N) is 2. The Morgan fingerprint density at radius 1 is 1.24 bits per heavy atom. The summed E-state index contributed by atoms with van der Waals surface area (Å²) in [6.45, 7) is 3.88. The van der Waals surface area contributed by atoms with Crippen LogP contribution in [0.1, 0.15) is 29.7 Å². The van der Waals surface area contributed by atoms with Gasteiger partial charge < -0.3 is 5.32 Å². The van der Waals surface area contributed by atoms with Crippen molar-refractivity contribution >= 4 is 27.3 Å². The zero-order valence-electron chi connectivity index (χ0n) is 16.8. The number of aryl methyl sites for hydroxylation is 1. The smallest absolute Gasteiger partial charge is 0.240 e. The van der Waals surface area contributed by atoms with Crippen LogP contribution in [0.4, 0.5) is 0 Å². The van der Waals surface area contributed by atoms with E-state index in [9.17, 15) is 13.2 Å². The molecule has 1 aliphatic heterocycles. The molecular formula is C21H29N3O3S2. The molecule has 1 aromatic carbocycles. The fourth-order valence-electron chi connectivity index (χ4n) is 3.64. The summed E-state index contributed by atoms with van der Waals surface area (Å²) in [5.41, 5.74) is 0.954. The summed E-state index contributed by atoms with van der Waals surface area (Å²) in [6, 6.07) is 10.9. The zero-order chi connectivity index (χ0) is 20.7. The number of amides is 1. The van der Waals surface area contributed by atoms with Crippen LogP contribution in [0, 0.1) is 5.92 Å². The minimum atomic E-state index is -3.42. The molecule has 0 spiro atoms. The van der Waals surface area contributed by atoms with Crippen molar-refractivity contribution in [1.82, 2.24) is 14.9 Å². The van der Waals surface area contributed by atoms with Crippen molar-refractivity contribution in [3.05, 3.63) is 52.2 Å². The maximum Gasteiger partial charge on any atom is 0.240 e. The monoisotopic (exact) mass is 435 g/mol. The Hall–Kier alpha value is -1.74. The van der Waals surface area contributed by atoms with Gasteiger partial charge in [-0.15, -0.1) is 11.3 Å². The van der Waals surface area contributed by atoms with Gasteiger partial charge in [0.1, 0.15) is 0 Å². The van der Waals surface area contributed by atoms with Gasteiger partial charge in [-0.1, -0.05) is 18.2 Å². The van der Waals surface area contributed by atoms with Crippen molar-refractivity contribution in [1.29, 1.82) is 0 Å². The fourth-order valence-corrected chi connectivity index (χ4v) is 5.12. The Morgan fingerprint density at radius 2 is 2.03 bits per heavy atom. The maximum atomic E-state index is 12.2. The van der Waals surface area contributed by atoms with Crippen LogP contribution in [0.25, 0.3) is 0 Å². The van der Waals surface area contributed by atoms with Gasteiger partial charge in [0.2, 0.25) is 15.9 Å². The lowest BCUT2D eigenvalue weighted by atomic mass is 9.98. The van der Waals surface area contributed by atoms with Crippen molar-refractivity contribution in [2.75, 3.05) is 26.7 Å². The van der Waals surface area contributed by atoms with E-state index in [1.165, 1.54) is 18.3 Å². The van der Waals surface area contributed by atoms with E-state index in [1.54, 1.807) is 35.6 Å². The molecule has 1 atom stereocenters. The standard InChI is InChI=1S/C21H29N3O3S2/c1-22-29(26,27)20-9-6-17(7-10-20)8-11-21(25)23-14-18-4-2-12-24(15-18)16-19-5-3-13-28-19/h3,5-7,9-10,13,18,22H,2,4,8,11-12,14-16H2,1H3,(H,23,25). The van der Waals surface area contributed by atoms with Gasteiger partial charge in [-0.3, -0.25) is 9.69 Å². The number of benzene rings is 1. The van der Waals surface area contributed by atoms with Crippen LogP contribution >= 0.6 is 11.3 Å². The van der Waals surface area contributed by atoms with E-state index in [0.717, 1.165) is 38.2 Å². The van der Waals surface area contributed by atoms with Crippen LogP contribution in [0.3, 0.4) is 0 Å². The van der Waals surface area contributed by atoms with Gasteiger partial charge in [0.05, 0.1) is 4.90 Å². The van der Waals surface area contributed by atoms with Gasteiger partial charge in [-0.25, -0.2) is 13.1 Å². The highest BCUT2D eigenvalue weighted by Crippen LogP contribution is 2.20. The summed E-state index contributed by atoms with van der Waals surface area (Å²) in [5, 5.41) is 5.19. The molecule has 3 rings (SSSR count). The van der Waals surface area contributed by atoms with E-state index >= 15 is 0 Å². The summed E-state index contributed by atoms with van der Waals surface area (Å²) < 4.78 is 25.8. The van der Waals surface area contributed by atoms with E-state index in [-0.39, 0.29) is 10.8 Å². The van der Waals surface area contributed by atoms with E-state index in [0.29, 0.717) is 18.8 Å². The highest BCUT2D eigenvalue weighted by atomic mass is 32.2. The molecule has 2 aromatic rings. The first-order chi connectivity index (χ1) is 14.0. The third-order valence-electron chi connectivity index (χ3n) is 5.29. The summed E-state index contributed by atoms with van der Waals surface area (Å²) in [7, 11) is -2.03. The molecule has 6 nitrogen and oxygen atoms in total. The van der Waals surface area contributed by atoms with Crippen molar-refractivity contribution in [3.63, 3.8) is 0 Å². The van der Waals surface area contributed by atoms with E-state index in [2.05, 4.69) is 32.5 Å². The predicted octanol–water partition coefficient (Wildman–Crippen LogP) is 2.62. The van der Waals surface area contributed by atoms with Gasteiger partial charge in [0.15, 0.2) is 0 Å². The molecule has 158 valence electrons. The number of nitrogens with zero attached hydrogens (tertiary/aromatic N) is 1. The summed E-state index contributed by atoms with van der Waals surface area (Å²) in [4.78, 5) is 16.3. The summed E-state index contributed by atoms with van der Waals surface area (Å²) in [5.74, 6) is 0.547. The molecule has 1 aliphatic rings. The van der Waals surface area contributed by atoms with Crippen LogP contribution in [-0.2, 0) is 27.8 Å². The van der Waals surface area contributed by atoms with Crippen molar-refractivity contribution in [3.8, 4) is 0 Å². The quantitative estimate of drug-likeness (QED) is 0.635. The second kappa shape index (κ2) is 10.3. The van der Waals surface area contributed by atoms with Gasteiger partial charge in [0, 0.05) is 30.9 Å². The fraction of sp³-hybridized carbons (Fsp3) is 0.476. The highest BCUT2D eigenvalue weighted by Gasteiger charge is 2.20. The number of hydrogen-bond donors (Lipinski definition) is 2. The van der Waals surface area contributed by atoms with Gasteiger partial charge >= 0.3 is 0 Å². The van der Waals surface area contributed by atoms with Gasteiger partial charge in [-0.05, 0) is 67.9 Å². The minimum Gasteiger partial charge on any atom is -0.356 e. The Labute approximate surface area is 177 Å². The second-order valence-corrected chi connectivity index (χ2v) is 10.4. The number of likely N-dealkylation sites (tertiary alicyclic amines) is 1. The molecule has 0 saturated carbocycles. The lowest BCUT2D eigenvalue weighted by Gasteiger charge is -2.32. The molecule has 0 aliphatic carbocycles. The minimum absolute atomic E-state index is 0.0484. The van der Waals surface area contributed by atoms with Gasteiger partial charge in [0.25, 0.3) is 0 Å². The van der Waals surface area contributed by atoms with E-state index in [4.69, 9.17) is 0 Å². The highest BCUT2D eigenvalue weighted by molar-refractivity contribution is 7.89. The molecule has 0 radical (unpaired) electrons. The Balaban J connectivity index is 1.39. The molecule has 1 aromatic heterocycles. The summed E-state index contributed by atoms with van der Waals surface area (Å²) >= 11 is 1.80. The molecule has 8 heteroatoms. The van der Waals surface area contributed by atoms with Crippen molar-refractivity contribution in [2.45, 2.75) is 37.1 Å². The lowest BCUT2D eigenvalue weighted by molar-refractivity contribution is -0.121. The second-order valence-electron chi connectivity index (χ2n) is 7.48. The first-order valence-electron chi connectivity index (χ1n) is 10.00. The SMILES string of the molecule is CNS(=O)(=O)c1ccc(CCC(=O)NCC2CCCN(Cc3cccs3)C2)cc1. The van der Waals surface area contributed by atoms with E-state index in [1.807, 2.05) is 0 Å². The van der Waals surface area contributed by atoms with Crippen LogP contribution in [-0.4, -0.2) is 45.9 Å². The molecule has 1 saturated heterocycles. The van der Waals surface area contributed by atoms with Crippen molar-refractivity contribution < 1.29 is 13.2 Å². The molecule has 2 N–H and O–H groups in total. The van der Waals surface area contributed by atoms with Crippen LogP contribution in [0.5, 0.6) is 0 Å². The van der Waals surface area contributed by atoms with Gasteiger partial charge in [-0.2, -0.15) is 0 Å². The predicted molar refractivity (Wildman–Crippen MR) is 116 cm³/mol. The zero-order valence-corrected chi connectivity index (χ0v) is 18.4. The topological polar surface area (TPSA) is 78.5 Å². The number of carbonyl (C=O) groups is 1. The lowest BCUT2D eigenvalue weighted by Crippen LogP contribution is -2.40. The molecule has 1 unspecified atom stereocenters. The van der Waals surface area contributed by atoms with E-state index < -0.39 is 10.0 Å². The Morgan fingerprint density at radius 3 is 2.72 bits per heavy atom. The first kappa shape index (κ1) is 22.0. The molecule has 29 heavy (non-hydrogen) atoms. The largest absolute Gasteiger partial charge is 0.356 e. The number of thiophene rings is 1. The van der Waals surface area contributed by atoms with Crippen LogP contribution in [0.2, 0.25) is 0 Å². The molecule has 0 bridgehead atoms. The number of rotatable bonds is 9. The summed E-state index contributed by atoms with van der Waals surface area (Å²) in [6.07, 6.45) is 3.33. The van der Waals surface area contributed by atoms with Crippen LogP contribution in [0.15, 0.2) is 46.7 Å². The number of sulfonamides is 1. The normalized spacial score (nSPS) is 17.9. The maximum absolute atomic E-state index is 12.2. The average molecular weight is 436 g/mol. The molecule has 1 fully saturated rings. The molecule has 2 heterocycles. The van der Waals surface area contributed by atoms with Crippen LogP contribution < -0.4 is 10.0 Å². The third kappa shape index (κ3) is 6.64.